The summed E-state index contributed by atoms with van der Waals surface area (Å²) in [5.74, 6) is -1.44. The minimum Gasteiger partial charge on any atom is -0.390 e. The van der Waals surface area contributed by atoms with Crippen LogP contribution in [-0.2, 0) is 19.1 Å². The fraction of sp³-hybridized carbons (Fsp3) is 0.760. The largest absolute Gasteiger partial charge is 0.390 e. The summed E-state index contributed by atoms with van der Waals surface area (Å²) in [6.07, 6.45) is 4.09. The maximum atomic E-state index is 16.4. The van der Waals surface area contributed by atoms with Crippen LogP contribution in [0.4, 0.5) is 4.39 Å². The number of aliphatic hydroxyl groups excluding tert-OH is 1. The minimum atomic E-state index is -1.91. The molecule has 0 aromatic carbocycles. The van der Waals surface area contributed by atoms with Gasteiger partial charge in [0, 0.05) is 18.4 Å². The lowest BCUT2D eigenvalue weighted by atomic mass is 9.52. The van der Waals surface area contributed by atoms with Crippen molar-refractivity contribution in [3.05, 3.63) is 23.8 Å². The number of Topliss-reactive ketones (excluding diaryl/α,β-unsaturated/α-hetero) is 1. The minimum absolute atomic E-state index is 0.0233. The Labute approximate surface area is 189 Å². The second-order valence-corrected chi connectivity index (χ2v) is 9.97. The number of allylic oxidation sites excluding steroid dienone is 4. The van der Waals surface area contributed by atoms with Crippen LogP contribution in [0, 0.1) is 17.3 Å². The number of carbonyl (C=O) groups excluding carboxylic acids is 2. The molecule has 0 amide bonds. The van der Waals surface area contributed by atoms with Gasteiger partial charge in [-0.2, -0.15) is 0 Å². The van der Waals surface area contributed by atoms with Gasteiger partial charge in [0.1, 0.15) is 17.9 Å². The molecule has 0 aromatic heterocycles. The summed E-state index contributed by atoms with van der Waals surface area (Å²) in [5.41, 5.74) is -3.72. The number of rotatable bonds is 6. The lowest BCUT2D eigenvalue weighted by Gasteiger charge is -2.55. The van der Waals surface area contributed by atoms with Gasteiger partial charge in [-0.05, 0) is 76.9 Å². The summed E-state index contributed by atoms with van der Waals surface area (Å²) >= 11 is 0. The number of halogens is 1. The summed E-state index contributed by atoms with van der Waals surface area (Å²) < 4.78 is 27.2. The molecule has 0 aromatic rings. The highest BCUT2D eigenvalue weighted by Gasteiger charge is 2.69. The molecular weight excluding hydrogens is 415 g/mol. The number of fused-ring (bicyclic) bond motifs is 3. The van der Waals surface area contributed by atoms with E-state index >= 15 is 4.39 Å². The topological polar surface area (TPSA) is 93.1 Å². The Kier molecular flexibility index (Phi) is 7.45. The first-order valence-electron chi connectivity index (χ1n) is 11.7. The third-order valence-corrected chi connectivity index (χ3v) is 8.12. The van der Waals surface area contributed by atoms with E-state index in [9.17, 15) is 19.8 Å². The lowest BCUT2D eigenvalue weighted by Crippen LogP contribution is -2.63. The molecule has 1 unspecified atom stereocenters. The zero-order valence-electron chi connectivity index (χ0n) is 19.6. The van der Waals surface area contributed by atoms with E-state index in [0.29, 0.717) is 25.9 Å². The molecule has 7 atom stereocenters. The van der Waals surface area contributed by atoms with Gasteiger partial charge in [-0.3, -0.25) is 9.59 Å². The van der Waals surface area contributed by atoms with Crippen molar-refractivity contribution in [2.75, 3.05) is 13.2 Å². The van der Waals surface area contributed by atoms with Gasteiger partial charge < -0.3 is 19.7 Å². The van der Waals surface area contributed by atoms with Crippen molar-refractivity contribution < 1.29 is 33.7 Å². The van der Waals surface area contributed by atoms with Gasteiger partial charge in [0.2, 0.25) is 0 Å². The van der Waals surface area contributed by atoms with Gasteiger partial charge in [-0.1, -0.05) is 18.6 Å². The van der Waals surface area contributed by atoms with Crippen molar-refractivity contribution in [1.29, 1.82) is 0 Å². The molecule has 7 heteroatoms. The Morgan fingerprint density at radius 3 is 2.72 bits per heavy atom. The molecule has 6 nitrogen and oxygen atoms in total. The first-order valence-corrected chi connectivity index (χ1v) is 11.7. The Morgan fingerprint density at radius 1 is 1.31 bits per heavy atom. The van der Waals surface area contributed by atoms with Gasteiger partial charge in [0.05, 0.1) is 6.10 Å². The SMILES string of the molecule is CCOC(C)OCC(=O)[C@@]1(O)CC[C@H]2[C@@H]3CC/C(C)=C/C(=O)/C=C\C[C@@]3(F)[C@@H](O)C[C@@]21C. The number of ketones is 2. The molecule has 0 spiro atoms. The van der Waals surface area contributed by atoms with Crippen molar-refractivity contribution in [1.82, 2.24) is 0 Å². The van der Waals surface area contributed by atoms with Crippen LogP contribution in [0.5, 0.6) is 0 Å². The van der Waals surface area contributed by atoms with E-state index in [4.69, 9.17) is 9.47 Å². The number of alkyl halides is 1. The van der Waals surface area contributed by atoms with E-state index in [1.807, 2.05) is 13.8 Å². The van der Waals surface area contributed by atoms with Gasteiger partial charge in [-0.15, -0.1) is 0 Å². The molecule has 2 fully saturated rings. The monoisotopic (exact) mass is 452 g/mol. The van der Waals surface area contributed by atoms with Crippen molar-refractivity contribution in [3.63, 3.8) is 0 Å². The third kappa shape index (κ3) is 4.37. The van der Waals surface area contributed by atoms with E-state index in [2.05, 4.69) is 0 Å². The highest BCUT2D eigenvalue weighted by atomic mass is 19.1. The number of aliphatic hydroxyl groups is 2. The number of hydrogen-bond acceptors (Lipinski definition) is 6. The van der Waals surface area contributed by atoms with Crippen molar-refractivity contribution in [3.8, 4) is 0 Å². The standard InChI is InChI=1S/C25H37FO6/c1-5-31-17(3)32-15-22(29)25(30)12-10-19-20-9-8-16(2)13-18(27)7-6-11-24(20,26)21(28)14-23(19,25)4/h6-7,13,17,19-21,28,30H,5,8-12,14-15H2,1-4H3/b7-6-,16-13+/t17?,19-,20-,21-,23-,24-,25-/m0/s1. The Hall–Kier alpha value is -1.41. The summed E-state index contributed by atoms with van der Waals surface area (Å²) in [6.45, 7) is 7.31. The van der Waals surface area contributed by atoms with Gasteiger partial charge in [-0.25, -0.2) is 4.39 Å². The second-order valence-electron chi connectivity index (χ2n) is 9.97. The predicted octanol–water partition coefficient (Wildman–Crippen LogP) is 3.45. The molecule has 3 aliphatic carbocycles. The van der Waals surface area contributed by atoms with Gasteiger partial charge in [0.25, 0.3) is 0 Å². The molecule has 3 aliphatic rings. The molecular formula is C25H37FO6. The molecule has 32 heavy (non-hydrogen) atoms. The fourth-order valence-electron chi connectivity index (χ4n) is 6.28. The molecule has 0 saturated heterocycles. The van der Waals surface area contributed by atoms with Gasteiger partial charge >= 0.3 is 0 Å². The van der Waals surface area contributed by atoms with Crippen LogP contribution in [0.2, 0.25) is 0 Å². The maximum absolute atomic E-state index is 16.4. The third-order valence-electron chi connectivity index (χ3n) is 8.12. The second kappa shape index (κ2) is 9.45. The van der Waals surface area contributed by atoms with Crippen molar-refractivity contribution in [2.45, 2.75) is 89.9 Å². The number of hydrogen-bond donors (Lipinski definition) is 2. The Morgan fingerprint density at radius 2 is 2.03 bits per heavy atom. The molecule has 0 bridgehead atoms. The van der Waals surface area contributed by atoms with Crippen LogP contribution < -0.4 is 0 Å². The molecule has 180 valence electrons. The molecule has 2 N–H and O–H groups in total. The summed E-state index contributed by atoms with van der Waals surface area (Å²) in [4.78, 5) is 25.1. The first kappa shape index (κ1) is 25.2. The fourth-order valence-corrected chi connectivity index (χ4v) is 6.28. The molecule has 0 radical (unpaired) electrons. The zero-order valence-corrected chi connectivity index (χ0v) is 19.6. The summed E-state index contributed by atoms with van der Waals surface area (Å²) in [5, 5.41) is 22.6. The number of carbonyl (C=O) groups is 2. The first-order chi connectivity index (χ1) is 15.0. The average molecular weight is 453 g/mol. The van der Waals surface area contributed by atoms with Crippen molar-refractivity contribution in [2.24, 2.45) is 17.3 Å². The smallest absolute Gasteiger partial charge is 0.190 e. The number of ether oxygens (including phenoxy) is 2. The summed E-state index contributed by atoms with van der Waals surface area (Å²) in [7, 11) is 0. The lowest BCUT2D eigenvalue weighted by molar-refractivity contribution is -0.197. The van der Waals surface area contributed by atoms with E-state index in [1.54, 1.807) is 19.9 Å². The van der Waals surface area contributed by atoms with E-state index < -0.39 is 40.8 Å². The van der Waals surface area contributed by atoms with Crippen LogP contribution in [0.3, 0.4) is 0 Å². The quantitative estimate of drug-likeness (QED) is 0.600. The van der Waals surface area contributed by atoms with E-state index in [1.165, 1.54) is 12.2 Å². The van der Waals surface area contributed by atoms with Crippen LogP contribution in [0.1, 0.15) is 66.2 Å². The van der Waals surface area contributed by atoms with Crippen LogP contribution in [0.15, 0.2) is 23.8 Å². The average Bonchev–Trinajstić information content (AvgIpc) is 2.98. The predicted molar refractivity (Wildman–Crippen MR) is 118 cm³/mol. The van der Waals surface area contributed by atoms with Crippen LogP contribution >= 0.6 is 0 Å². The maximum Gasteiger partial charge on any atom is 0.190 e. The van der Waals surface area contributed by atoms with Crippen molar-refractivity contribution >= 4 is 11.6 Å². The molecule has 3 rings (SSSR count). The highest BCUT2D eigenvalue weighted by molar-refractivity contribution is 5.99. The van der Waals surface area contributed by atoms with Gasteiger partial charge in [0.15, 0.2) is 17.9 Å². The van der Waals surface area contributed by atoms with Crippen LogP contribution in [-0.4, -0.2) is 58.7 Å². The summed E-state index contributed by atoms with van der Waals surface area (Å²) in [6, 6.07) is 0. The Bertz CT molecular complexity index is 793. The Balaban J connectivity index is 1.89. The zero-order chi connectivity index (χ0) is 23.7. The normalized spacial score (nSPS) is 43.5. The van der Waals surface area contributed by atoms with E-state index in [0.717, 1.165) is 5.57 Å². The van der Waals surface area contributed by atoms with Crippen LogP contribution in [0.25, 0.3) is 0 Å². The van der Waals surface area contributed by atoms with E-state index in [-0.39, 0.29) is 37.6 Å². The molecule has 0 heterocycles. The molecule has 2 saturated carbocycles. The molecule has 0 aliphatic heterocycles. The highest BCUT2D eigenvalue weighted by Crippen LogP contribution is 2.64.